The molecule has 2 amide bonds. The summed E-state index contributed by atoms with van der Waals surface area (Å²) < 4.78 is 5.49. The van der Waals surface area contributed by atoms with Crippen LogP contribution < -0.4 is 5.32 Å². The molecule has 1 aromatic rings. The second kappa shape index (κ2) is 8.84. The van der Waals surface area contributed by atoms with Crippen molar-refractivity contribution in [1.29, 1.82) is 0 Å². The zero-order valence-electron chi connectivity index (χ0n) is 16.4. The molecule has 1 aliphatic carbocycles. The van der Waals surface area contributed by atoms with Crippen molar-refractivity contribution in [2.75, 3.05) is 26.2 Å². The fourth-order valence-corrected chi connectivity index (χ4v) is 4.10. The third kappa shape index (κ3) is 4.96. The van der Waals surface area contributed by atoms with Gasteiger partial charge in [0.05, 0.1) is 0 Å². The maximum Gasteiger partial charge on any atom is 0.317 e. The van der Waals surface area contributed by atoms with Crippen molar-refractivity contribution in [2.24, 2.45) is 5.92 Å². The van der Waals surface area contributed by atoms with Gasteiger partial charge in [-0.2, -0.15) is 4.98 Å². The highest BCUT2D eigenvalue weighted by Crippen LogP contribution is 2.25. The van der Waals surface area contributed by atoms with E-state index in [-0.39, 0.29) is 12.1 Å². The van der Waals surface area contributed by atoms with E-state index in [0.717, 1.165) is 38.9 Å². The number of hydrogen-bond acceptors (Lipinski definition) is 5. The Bertz CT molecular complexity index is 582. The Labute approximate surface area is 156 Å². The Balaban J connectivity index is 1.70. The maximum atomic E-state index is 12.9. The van der Waals surface area contributed by atoms with Crippen LogP contribution in [0.4, 0.5) is 4.79 Å². The van der Waals surface area contributed by atoms with Crippen LogP contribution in [0.3, 0.4) is 0 Å². The highest BCUT2D eigenvalue weighted by molar-refractivity contribution is 5.74. The Morgan fingerprint density at radius 2 is 2.00 bits per heavy atom. The van der Waals surface area contributed by atoms with Crippen molar-refractivity contribution < 1.29 is 9.32 Å². The first kappa shape index (κ1) is 19.1. The smallest absolute Gasteiger partial charge is 0.317 e. The molecule has 1 N–H and O–H groups in total. The largest absolute Gasteiger partial charge is 0.338 e. The summed E-state index contributed by atoms with van der Waals surface area (Å²) in [6.07, 6.45) is 6.90. The van der Waals surface area contributed by atoms with Crippen molar-refractivity contribution in [3.05, 3.63) is 11.7 Å². The topological polar surface area (TPSA) is 74.5 Å². The first-order valence-electron chi connectivity index (χ1n) is 10.1. The third-order valence-corrected chi connectivity index (χ3v) is 5.36. The molecule has 0 bridgehead atoms. The molecule has 2 aliphatic rings. The van der Waals surface area contributed by atoms with Crippen molar-refractivity contribution >= 4 is 6.03 Å². The molecule has 1 aliphatic heterocycles. The molecule has 2 fully saturated rings. The lowest BCUT2D eigenvalue weighted by atomic mass is 9.96. The van der Waals surface area contributed by atoms with E-state index in [1.807, 2.05) is 11.8 Å². The molecular formula is C19H33N5O2. The Morgan fingerprint density at radius 3 is 2.65 bits per heavy atom. The number of rotatable bonds is 4. The summed E-state index contributed by atoms with van der Waals surface area (Å²) in [5.74, 6) is 1.82. The van der Waals surface area contributed by atoms with E-state index < -0.39 is 0 Å². The number of aryl methyl sites for hydroxylation is 1. The molecule has 146 valence electrons. The van der Waals surface area contributed by atoms with Crippen LogP contribution in [0.5, 0.6) is 0 Å². The van der Waals surface area contributed by atoms with E-state index in [4.69, 9.17) is 4.52 Å². The van der Waals surface area contributed by atoms with E-state index in [0.29, 0.717) is 30.2 Å². The summed E-state index contributed by atoms with van der Waals surface area (Å²) in [7, 11) is 0. The lowest BCUT2D eigenvalue weighted by Crippen LogP contribution is -2.47. The van der Waals surface area contributed by atoms with Crippen LogP contribution in [-0.2, 0) is 0 Å². The molecule has 0 aromatic carbocycles. The van der Waals surface area contributed by atoms with Crippen LogP contribution in [0.15, 0.2) is 4.52 Å². The average molecular weight is 364 g/mol. The number of amides is 2. The van der Waals surface area contributed by atoms with Crippen LogP contribution in [0.2, 0.25) is 0 Å². The van der Waals surface area contributed by atoms with E-state index in [1.165, 1.54) is 19.3 Å². The normalized spacial score (nSPS) is 23.2. The van der Waals surface area contributed by atoms with Gasteiger partial charge >= 0.3 is 6.03 Å². The highest BCUT2D eigenvalue weighted by Gasteiger charge is 2.33. The van der Waals surface area contributed by atoms with Crippen molar-refractivity contribution in [3.63, 3.8) is 0 Å². The molecule has 7 nitrogen and oxygen atoms in total. The third-order valence-electron chi connectivity index (χ3n) is 5.36. The van der Waals surface area contributed by atoms with Gasteiger partial charge in [0, 0.05) is 32.2 Å². The highest BCUT2D eigenvalue weighted by atomic mass is 16.5. The summed E-state index contributed by atoms with van der Waals surface area (Å²) in [5.41, 5.74) is 0. The summed E-state index contributed by atoms with van der Waals surface area (Å²) in [6, 6.07) is 0.359. The fourth-order valence-electron chi connectivity index (χ4n) is 4.10. The number of nitrogens with one attached hydrogen (secondary N) is 1. The zero-order valence-corrected chi connectivity index (χ0v) is 16.4. The standard InChI is InChI=1S/C19H33N5O2/c1-14(2)12-23-10-7-11-24(13-17(23)18-20-15(3)22-26-18)19(25)21-16-8-5-4-6-9-16/h14,16-17H,4-13H2,1-3H3,(H,21,25). The lowest BCUT2D eigenvalue weighted by molar-refractivity contribution is 0.134. The minimum Gasteiger partial charge on any atom is -0.338 e. The number of carbonyl (C=O) groups excluding carboxylic acids is 1. The Hall–Kier alpha value is -1.63. The average Bonchev–Trinajstić information content (AvgIpc) is 2.92. The van der Waals surface area contributed by atoms with Gasteiger partial charge < -0.3 is 14.7 Å². The quantitative estimate of drug-likeness (QED) is 0.889. The van der Waals surface area contributed by atoms with Gasteiger partial charge in [-0.15, -0.1) is 0 Å². The molecule has 1 saturated carbocycles. The second-order valence-electron chi connectivity index (χ2n) is 8.17. The Morgan fingerprint density at radius 1 is 1.23 bits per heavy atom. The van der Waals surface area contributed by atoms with Crippen LogP contribution in [-0.4, -0.2) is 58.2 Å². The zero-order chi connectivity index (χ0) is 18.5. The molecule has 0 radical (unpaired) electrons. The lowest BCUT2D eigenvalue weighted by Gasteiger charge is -2.31. The molecule has 26 heavy (non-hydrogen) atoms. The van der Waals surface area contributed by atoms with Crippen molar-refractivity contribution in [2.45, 2.75) is 71.4 Å². The summed E-state index contributed by atoms with van der Waals surface area (Å²) in [4.78, 5) is 21.7. The van der Waals surface area contributed by atoms with E-state index >= 15 is 0 Å². The molecule has 3 rings (SSSR count). The predicted octanol–water partition coefficient (Wildman–Crippen LogP) is 3.13. The molecule has 1 atom stereocenters. The number of nitrogens with zero attached hydrogens (tertiary/aromatic N) is 4. The number of urea groups is 1. The van der Waals surface area contributed by atoms with E-state index in [1.54, 1.807) is 0 Å². The summed E-state index contributed by atoms with van der Waals surface area (Å²) in [6.45, 7) is 9.55. The van der Waals surface area contributed by atoms with E-state index in [9.17, 15) is 4.79 Å². The predicted molar refractivity (Wildman–Crippen MR) is 99.8 cm³/mol. The molecule has 2 heterocycles. The molecule has 0 spiro atoms. The minimum atomic E-state index is -0.0294. The molecule has 7 heteroatoms. The van der Waals surface area contributed by atoms with Gasteiger partial charge in [-0.3, -0.25) is 4.90 Å². The van der Waals surface area contributed by atoms with Gasteiger partial charge in [0.1, 0.15) is 6.04 Å². The van der Waals surface area contributed by atoms with E-state index in [2.05, 4.69) is 34.2 Å². The van der Waals surface area contributed by atoms with Crippen molar-refractivity contribution in [1.82, 2.24) is 25.3 Å². The number of aromatic nitrogens is 2. The molecule has 1 aromatic heterocycles. The van der Waals surface area contributed by atoms with Gasteiger partial charge in [-0.1, -0.05) is 38.3 Å². The molecule has 1 saturated heterocycles. The first-order chi connectivity index (χ1) is 12.5. The monoisotopic (exact) mass is 363 g/mol. The first-order valence-corrected chi connectivity index (χ1v) is 10.1. The summed E-state index contributed by atoms with van der Waals surface area (Å²) >= 11 is 0. The second-order valence-corrected chi connectivity index (χ2v) is 8.17. The molecular weight excluding hydrogens is 330 g/mol. The maximum absolute atomic E-state index is 12.9. The van der Waals surface area contributed by atoms with Crippen molar-refractivity contribution in [3.8, 4) is 0 Å². The van der Waals surface area contributed by atoms with Crippen LogP contribution in [0, 0.1) is 12.8 Å². The van der Waals surface area contributed by atoms with Gasteiger partial charge in [-0.25, -0.2) is 4.79 Å². The van der Waals surface area contributed by atoms with Gasteiger partial charge in [0.15, 0.2) is 5.82 Å². The summed E-state index contributed by atoms with van der Waals surface area (Å²) in [5, 5.41) is 7.22. The number of carbonyl (C=O) groups is 1. The van der Waals surface area contributed by atoms with Crippen LogP contribution in [0.25, 0.3) is 0 Å². The Kier molecular flexibility index (Phi) is 6.51. The van der Waals surface area contributed by atoms with Gasteiger partial charge in [0.2, 0.25) is 5.89 Å². The number of hydrogen-bond donors (Lipinski definition) is 1. The minimum absolute atomic E-state index is 0.0294. The van der Waals surface area contributed by atoms with Crippen LogP contribution in [0.1, 0.15) is 70.1 Å². The van der Waals surface area contributed by atoms with Gasteiger partial charge in [0.25, 0.3) is 0 Å². The van der Waals surface area contributed by atoms with Gasteiger partial charge in [-0.05, 0) is 32.1 Å². The SMILES string of the molecule is Cc1noc(C2CN(C(=O)NC3CCCCC3)CCCN2CC(C)C)n1. The van der Waals surface area contributed by atoms with Crippen LogP contribution >= 0.6 is 0 Å². The molecule has 1 unspecified atom stereocenters. The fraction of sp³-hybridized carbons (Fsp3) is 0.842.